The van der Waals surface area contributed by atoms with Crippen molar-refractivity contribution in [2.45, 2.75) is 38.5 Å². The van der Waals surface area contributed by atoms with Gasteiger partial charge in [-0.3, -0.25) is 4.79 Å². The highest BCUT2D eigenvalue weighted by Crippen LogP contribution is 2.23. The van der Waals surface area contributed by atoms with Crippen LogP contribution >= 0.6 is 0 Å². The second-order valence-electron chi connectivity index (χ2n) is 7.68. The van der Waals surface area contributed by atoms with Crippen molar-refractivity contribution in [3.05, 3.63) is 48.0 Å². The maximum Gasteiger partial charge on any atom is 0.321 e. The number of carbonyl (C=O) groups excluding carboxylic acids is 2. The molecule has 1 saturated heterocycles. The van der Waals surface area contributed by atoms with Gasteiger partial charge in [-0.1, -0.05) is 18.9 Å². The van der Waals surface area contributed by atoms with Crippen LogP contribution < -0.4 is 20.1 Å². The van der Waals surface area contributed by atoms with E-state index >= 15 is 0 Å². The molecule has 2 N–H and O–H groups in total. The van der Waals surface area contributed by atoms with Crippen LogP contribution in [0.1, 0.15) is 37.7 Å². The van der Waals surface area contributed by atoms with Gasteiger partial charge >= 0.3 is 6.03 Å². The number of nitrogens with zero attached hydrogens (tertiary/aromatic N) is 1. The number of hydrogen-bond acceptors (Lipinski definition) is 4. The molecule has 0 aromatic heterocycles. The van der Waals surface area contributed by atoms with E-state index in [1.807, 2.05) is 35.2 Å². The van der Waals surface area contributed by atoms with Crippen molar-refractivity contribution in [2.24, 2.45) is 0 Å². The van der Waals surface area contributed by atoms with Crippen LogP contribution in [0.2, 0.25) is 0 Å². The van der Waals surface area contributed by atoms with Crippen LogP contribution in [-0.4, -0.2) is 44.1 Å². The van der Waals surface area contributed by atoms with E-state index in [2.05, 4.69) is 10.6 Å². The molecular formula is C24H31N3O4. The van der Waals surface area contributed by atoms with Crippen molar-refractivity contribution in [3.8, 4) is 11.5 Å². The smallest absolute Gasteiger partial charge is 0.321 e. The number of nitrogens with one attached hydrogen (secondary N) is 2. The van der Waals surface area contributed by atoms with Crippen LogP contribution in [0.15, 0.2) is 42.5 Å². The van der Waals surface area contributed by atoms with Crippen LogP contribution in [0, 0.1) is 0 Å². The summed E-state index contributed by atoms with van der Waals surface area (Å²) in [5, 5.41) is 5.85. The fourth-order valence-corrected chi connectivity index (χ4v) is 3.64. The summed E-state index contributed by atoms with van der Waals surface area (Å²) in [4.78, 5) is 26.8. The molecule has 0 spiro atoms. The van der Waals surface area contributed by atoms with Crippen molar-refractivity contribution in [1.29, 1.82) is 0 Å². The average molecular weight is 426 g/mol. The van der Waals surface area contributed by atoms with E-state index in [-0.39, 0.29) is 11.9 Å². The number of methoxy groups -OCH3 is 2. The van der Waals surface area contributed by atoms with E-state index < -0.39 is 0 Å². The third-order valence-electron chi connectivity index (χ3n) is 5.34. The van der Waals surface area contributed by atoms with Crippen LogP contribution in [0.4, 0.5) is 16.2 Å². The van der Waals surface area contributed by atoms with E-state index in [9.17, 15) is 9.59 Å². The highest BCUT2D eigenvalue weighted by Gasteiger charge is 2.15. The average Bonchev–Trinajstić information content (AvgIpc) is 3.07. The first kappa shape index (κ1) is 22.5. The number of likely N-dealkylation sites (tertiary alicyclic amines) is 1. The summed E-state index contributed by atoms with van der Waals surface area (Å²) in [7, 11) is 3.20. The predicted molar refractivity (Wildman–Crippen MR) is 122 cm³/mol. The van der Waals surface area contributed by atoms with Gasteiger partial charge in [0.05, 0.1) is 14.2 Å². The molecule has 0 bridgehead atoms. The molecule has 0 unspecified atom stereocenters. The third kappa shape index (κ3) is 6.91. The standard InChI is InChI=1S/C24H31N3O4/c1-30-21-14-18(15-22(17-21)31-2)10-11-23(28)25-19-8-7-9-20(16-19)26-24(29)27-12-5-3-4-6-13-27/h7-9,14-17H,3-6,10-13H2,1-2H3,(H,25,28)(H,26,29). The number of ether oxygens (including phenoxy) is 2. The number of anilines is 2. The van der Waals surface area contributed by atoms with E-state index in [1.165, 1.54) is 12.8 Å². The summed E-state index contributed by atoms with van der Waals surface area (Å²) in [6, 6.07) is 12.8. The Morgan fingerprint density at radius 1 is 0.871 bits per heavy atom. The Balaban J connectivity index is 1.54. The molecule has 1 aliphatic rings. The molecular weight excluding hydrogens is 394 g/mol. The molecule has 0 radical (unpaired) electrons. The van der Waals surface area contributed by atoms with Crippen LogP contribution in [0.5, 0.6) is 11.5 Å². The van der Waals surface area contributed by atoms with E-state index in [1.54, 1.807) is 26.4 Å². The lowest BCUT2D eigenvalue weighted by molar-refractivity contribution is -0.116. The number of amides is 3. The second kappa shape index (κ2) is 11.2. The van der Waals surface area contributed by atoms with Gasteiger partial charge in [-0.15, -0.1) is 0 Å². The predicted octanol–water partition coefficient (Wildman–Crippen LogP) is 4.68. The van der Waals surface area contributed by atoms with Gasteiger partial charge in [0.15, 0.2) is 0 Å². The monoisotopic (exact) mass is 425 g/mol. The lowest BCUT2D eigenvalue weighted by Crippen LogP contribution is -2.35. The quantitative estimate of drug-likeness (QED) is 0.675. The van der Waals surface area contributed by atoms with E-state index in [0.29, 0.717) is 35.7 Å². The van der Waals surface area contributed by atoms with Gasteiger partial charge < -0.3 is 25.0 Å². The van der Waals surface area contributed by atoms with Gasteiger partial charge in [0.2, 0.25) is 5.91 Å². The zero-order chi connectivity index (χ0) is 22.1. The fraction of sp³-hybridized carbons (Fsp3) is 0.417. The molecule has 166 valence electrons. The Morgan fingerprint density at radius 2 is 1.48 bits per heavy atom. The number of urea groups is 1. The zero-order valence-corrected chi connectivity index (χ0v) is 18.3. The molecule has 2 aromatic rings. The van der Waals surface area contributed by atoms with E-state index in [0.717, 1.165) is 31.5 Å². The van der Waals surface area contributed by atoms with Gasteiger partial charge in [-0.05, 0) is 55.2 Å². The number of aryl methyl sites for hydroxylation is 1. The van der Waals surface area contributed by atoms with Crippen LogP contribution in [0.3, 0.4) is 0 Å². The van der Waals surface area contributed by atoms with Crippen molar-refractivity contribution < 1.29 is 19.1 Å². The van der Waals surface area contributed by atoms with Gasteiger partial charge in [0.1, 0.15) is 11.5 Å². The Kier molecular flexibility index (Phi) is 8.15. The topological polar surface area (TPSA) is 79.9 Å². The number of carbonyl (C=O) groups is 2. The van der Waals surface area contributed by atoms with Crippen LogP contribution in [0.25, 0.3) is 0 Å². The molecule has 7 nitrogen and oxygen atoms in total. The second-order valence-corrected chi connectivity index (χ2v) is 7.68. The van der Waals surface area contributed by atoms with Crippen LogP contribution in [-0.2, 0) is 11.2 Å². The molecule has 1 aliphatic heterocycles. The molecule has 0 atom stereocenters. The minimum absolute atomic E-state index is 0.0858. The number of benzene rings is 2. The summed E-state index contributed by atoms with van der Waals surface area (Å²) in [5.41, 5.74) is 2.29. The maximum absolute atomic E-state index is 12.5. The first-order chi connectivity index (χ1) is 15.1. The summed E-state index contributed by atoms with van der Waals surface area (Å²) in [6.07, 6.45) is 5.32. The molecule has 1 heterocycles. The Hall–Kier alpha value is -3.22. The Bertz CT molecular complexity index is 870. The third-order valence-corrected chi connectivity index (χ3v) is 5.34. The minimum atomic E-state index is -0.0993. The van der Waals surface area contributed by atoms with Gasteiger partial charge in [-0.25, -0.2) is 4.79 Å². The maximum atomic E-state index is 12.5. The summed E-state index contributed by atoms with van der Waals surface area (Å²) in [5.74, 6) is 1.29. The normalized spacial score (nSPS) is 13.8. The molecule has 3 amide bonds. The van der Waals surface area contributed by atoms with Gasteiger partial charge in [-0.2, -0.15) is 0 Å². The van der Waals surface area contributed by atoms with Crippen molar-refractivity contribution in [2.75, 3.05) is 37.9 Å². The molecule has 7 heteroatoms. The molecule has 0 aliphatic carbocycles. The summed E-state index contributed by atoms with van der Waals surface area (Å²) >= 11 is 0. The molecule has 0 saturated carbocycles. The van der Waals surface area contributed by atoms with Gasteiger partial charge in [0.25, 0.3) is 0 Å². The lowest BCUT2D eigenvalue weighted by Gasteiger charge is -2.21. The lowest BCUT2D eigenvalue weighted by atomic mass is 10.1. The first-order valence-corrected chi connectivity index (χ1v) is 10.7. The summed E-state index contributed by atoms with van der Waals surface area (Å²) in [6.45, 7) is 1.58. The van der Waals surface area contributed by atoms with Gasteiger partial charge in [0, 0.05) is 37.0 Å². The first-order valence-electron chi connectivity index (χ1n) is 10.7. The van der Waals surface area contributed by atoms with Crippen molar-refractivity contribution >= 4 is 23.3 Å². The van der Waals surface area contributed by atoms with Crippen molar-refractivity contribution in [1.82, 2.24) is 4.90 Å². The molecule has 2 aromatic carbocycles. The van der Waals surface area contributed by atoms with Crippen molar-refractivity contribution in [3.63, 3.8) is 0 Å². The fourth-order valence-electron chi connectivity index (χ4n) is 3.64. The largest absolute Gasteiger partial charge is 0.497 e. The number of hydrogen-bond donors (Lipinski definition) is 2. The Morgan fingerprint density at radius 3 is 2.10 bits per heavy atom. The molecule has 31 heavy (non-hydrogen) atoms. The highest BCUT2D eigenvalue weighted by atomic mass is 16.5. The zero-order valence-electron chi connectivity index (χ0n) is 18.3. The molecule has 1 fully saturated rings. The SMILES string of the molecule is COc1cc(CCC(=O)Nc2cccc(NC(=O)N3CCCCCC3)c2)cc(OC)c1. The Labute approximate surface area is 183 Å². The summed E-state index contributed by atoms with van der Waals surface area (Å²) < 4.78 is 10.6. The highest BCUT2D eigenvalue weighted by molar-refractivity contribution is 5.93. The molecule has 3 rings (SSSR count). The minimum Gasteiger partial charge on any atom is -0.497 e. The number of rotatable bonds is 7. The van der Waals surface area contributed by atoms with E-state index in [4.69, 9.17) is 9.47 Å².